The first-order chi connectivity index (χ1) is 33.4. The molecule has 4 aromatic carbocycles. The molecule has 0 radical (unpaired) electrons. The van der Waals surface area contributed by atoms with Crippen molar-refractivity contribution in [3.63, 3.8) is 0 Å². The number of aryl methyl sites for hydroxylation is 3. The van der Waals surface area contributed by atoms with Gasteiger partial charge in [0.2, 0.25) is 0 Å². The molecule has 1 unspecified atom stereocenters. The van der Waals surface area contributed by atoms with Gasteiger partial charge in [0, 0.05) is 44.3 Å². The van der Waals surface area contributed by atoms with Crippen molar-refractivity contribution >= 4 is 46.4 Å². The second kappa shape index (κ2) is 20.9. The number of ether oxygens (including phenoxy) is 6. The zero-order chi connectivity index (χ0) is 46.2. The molecule has 7 aromatic rings. The van der Waals surface area contributed by atoms with Gasteiger partial charge in [0.25, 0.3) is 0 Å². The van der Waals surface area contributed by atoms with E-state index in [9.17, 15) is 0 Å². The molecule has 0 aliphatic carbocycles. The van der Waals surface area contributed by atoms with E-state index in [0.717, 1.165) is 95.1 Å². The Morgan fingerprint density at radius 2 is 0.735 bits per heavy atom. The summed E-state index contributed by atoms with van der Waals surface area (Å²) in [6.45, 7) is 10.9. The smallest absolute Gasteiger partial charge is 0.119 e. The molecular formula is C58H56N4O6. The minimum atomic E-state index is -0.292. The third kappa shape index (κ3) is 10.3. The lowest BCUT2D eigenvalue weighted by molar-refractivity contribution is -0.0606. The van der Waals surface area contributed by atoms with Gasteiger partial charge in [-0.3, -0.25) is 0 Å². The molecule has 3 aliphatic rings. The normalized spacial score (nSPS) is 16.0. The van der Waals surface area contributed by atoms with Crippen LogP contribution in [0.25, 0.3) is 90.9 Å². The van der Waals surface area contributed by atoms with Gasteiger partial charge in [-0.15, -0.1) is 0 Å². The monoisotopic (exact) mass is 904 g/mol. The van der Waals surface area contributed by atoms with E-state index in [0.29, 0.717) is 66.1 Å². The number of hydrogen-bond donors (Lipinski definition) is 2. The third-order valence-electron chi connectivity index (χ3n) is 12.4. The molecule has 1 fully saturated rings. The molecular weight excluding hydrogens is 849 g/mol. The van der Waals surface area contributed by atoms with Gasteiger partial charge in [0.1, 0.15) is 18.5 Å². The molecule has 2 N–H and O–H groups in total. The molecule has 1 atom stereocenters. The fraction of sp³-hybridized carbons (Fsp3) is 0.241. The summed E-state index contributed by atoms with van der Waals surface area (Å²) < 4.78 is 35.3. The van der Waals surface area contributed by atoms with Crippen LogP contribution in [-0.4, -0.2) is 92.1 Å². The van der Waals surface area contributed by atoms with Crippen LogP contribution in [0.2, 0.25) is 0 Å². The van der Waals surface area contributed by atoms with Gasteiger partial charge >= 0.3 is 0 Å². The predicted octanol–water partition coefficient (Wildman–Crippen LogP) is 12.1. The van der Waals surface area contributed by atoms with Crippen molar-refractivity contribution in [2.75, 3.05) is 66.1 Å². The Kier molecular flexibility index (Phi) is 13.8. The number of nitrogens with zero attached hydrogens (tertiary/aromatic N) is 2. The lowest BCUT2D eigenvalue weighted by Crippen LogP contribution is -2.29. The van der Waals surface area contributed by atoms with Gasteiger partial charge < -0.3 is 38.4 Å². The Hall–Kier alpha value is -6.92. The summed E-state index contributed by atoms with van der Waals surface area (Å²) in [7, 11) is 0. The first kappa shape index (κ1) is 44.9. The Morgan fingerprint density at radius 3 is 1.10 bits per heavy atom. The summed E-state index contributed by atoms with van der Waals surface area (Å²) in [6, 6.07) is 42.9. The van der Waals surface area contributed by atoms with Gasteiger partial charge in [-0.05, 0) is 104 Å². The molecule has 8 bridgehead atoms. The quantitative estimate of drug-likeness (QED) is 0.163. The Balaban J connectivity index is 1.11. The second-order valence-corrected chi connectivity index (χ2v) is 17.3. The molecule has 10 rings (SSSR count). The highest BCUT2D eigenvalue weighted by atomic mass is 16.6. The number of hydrogen-bond acceptors (Lipinski definition) is 8. The van der Waals surface area contributed by atoms with Crippen molar-refractivity contribution in [3.05, 3.63) is 161 Å². The van der Waals surface area contributed by atoms with E-state index in [1.54, 1.807) is 0 Å². The fourth-order valence-corrected chi connectivity index (χ4v) is 8.78. The standard InChI is InChI=1S/C58H56N4O6/c1-38-4-10-41(11-5-38)55-47-20-22-49(59-47)56(42-12-6-39(2)7-13-42)51-24-26-53(61-51)58(54-27-25-52(62-54)57(50-23-21-48(55)60-50)43-14-8-40(3)9-15-43)44-16-18-45(19-17-44)68-37-46-36-66-33-32-64-29-28-63-30-31-65-34-35-67-46/h4-27,46,59,62H,28-37H2,1-3H3. The predicted molar refractivity (Wildman–Crippen MR) is 273 cm³/mol. The highest BCUT2D eigenvalue weighted by Crippen LogP contribution is 2.39. The van der Waals surface area contributed by atoms with E-state index in [2.05, 4.69) is 164 Å². The molecule has 3 aliphatic heterocycles. The summed E-state index contributed by atoms with van der Waals surface area (Å²) >= 11 is 0. The van der Waals surface area contributed by atoms with Gasteiger partial charge in [0.05, 0.1) is 82.2 Å². The van der Waals surface area contributed by atoms with Crippen LogP contribution in [0.4, 0.5) is 0 Å². The highest BCUT2D eigenvalue weighted by molar-refractivity contribution is 5.99. The number of rotatable bonds is 7. The number of nitrogens with one attached hydrogen (secondary N) is 2. The fourth-order valence-electron chi connectivity index (χ4n) is 8.78. The summed E-state index contributed by atoms with van der Waals surface area (Å²) in [6.07, 6.45) is 8.24. The van der Waals surface area contributed by atoms with Crippen molar-refractivity contribution in [2.45, 2.75) is 26.9 Å². The average Bonchev–Trinajstić information content (AvgIpc) is 4.21. The van der Waals surface area contributed by atoms with Gasteiger partial charge in [-0.25, -0.2) is 9.97 Å². The van der Waals surface area contributed by atoms with Crippen molar-refractivity contribution in [1.82, 2.24) is 19.9 Å². The van der Waals surface area contributed by atoms with E-state index in [1.165, 1.54) is 16.7 Å². The number of aromatic amines is 2. The van der Waals surface area contributed by atoms with Crippen molar-refractivity contribution in [3.8, 4) is 50.3 Å². The van der Waals surface area contributed by atoms with Crippen LogP contribution in [0, 0.1) is 20.8 Å². The van der Waals surface area contributed by atoms with Crippen LogP contribution in [0.1, 0.15) is 39.5 Å². The maximum absolute atomic E-state index is 6.36. The minimum Gasteiger partial charge on any atom is -0.491 e. The molecule has 0 spiro atoms. The van der Waals surface area contributed by atoms with Crippen molar-refractivity contribution < 1.29 is 28.4 Å². The maximum atomic E-state index is 6.36. The van der Waals surface area contributed by atoms with Gasteiger partial charge in [0.15, 0.2) is 0 Å². The molecule has 10 nitrogen and oxygen atoms in total. The van der Waals surface area contributed by atoms with Crippen molar-refractivity contribution in [1.29, 1.82) is 0 Å². The van der Waals surface area contributed by atoms with Crippen LogP contribution >= 0.6 is 0 Å². The number of fused-ring (bicyclic) bond motifs is 8. The topological polar surface area (TPSA) is 113 Å². The maximum Gasteiger partial charge on any atom is 0.119 e. The average molecular weight is 905 g/mol. The Bertz CT molecular complexity index is 3040. The molecule has 10 heteroatoms. The number of H-pyrrole nitrogens is 2. The van der Waals surface area contributed by atoms with Crippen LogP contribution in [0.3, 0.4) is 0 Å². The lowest BCUT2D eigenvalue weighted by atomic mass is 10.0. The summed E-state index contributed by atoms with van der Waals surface area (Å²) in [5, 5.41) is 0. The van der Waals surface area contributed by atoms with Crippen LogP contribution in [0.15, 0.2) is 121 Å². The summed E-state index contributed by atoms with van der Waals surface area (Å²) in [5.74, 6) is 0.717. The first-order valence-electron chi connectivity index (χ1n) is 23.5. The Morgan fingerprint density at radius 1 is 0.412 bits per heavy atom. The summed E-state index contributed by atoms with van der Waals surface area (Å²) in [4.78, 5) is 18.7. The molecule has 68 heavy (non-hydrogen) atoms. The molecule has 1 saturated heterocycles. The Labute approximate surface area is 397 Å². The van der Waals surface area contributed by atoms with E-state index in [-0.39, 0.29) is 6.10 Å². The van der Waals surface area contributed by atoms with Crippen LogP contribution < -0.4 is 4.74 Å². The molecule has 0 amide bonds. The first-order valence-corrected chi connectivity index (χ1v) is 23.5. The van der Waals surface area contributed by atoms with E-state index in [1.807, 2.05) is 12.1 Å². The molecule has 6 heterocycles. The number of benzene rings is 4. The van der Waals surface area contributed by atoms with Crippen molar-refractivity contribution in [2.24, 2.45) is 0 Å². The van der Waals surface area contributed by atoms with Crippen LogP contribution in [0.5, 0.6) is 5.75 Å². The number of aromatic nitrogens is 4. The zero-order valence-electron chi connectivity index (χ0n) is 38.8. The lowest BCUT2D eigenvalue weighted by Gasteiger charge is -2.19. The minimum absolute atomic E-state index is 0.292. The largest absolute Gasteiger partial charge is 0.491 e. The second-order valence-electron chi connectivity index (χ2n) is 17.3. The highest BCUT2D eigenvalue weighted by Gasteiger charge is 2.20. The van der Waals surface area contributed by atoms with E-state index >= 15 is 0 Å². The molecule has 0 saturated carbocycles. The van der Waals surface area contributed by atoms with E-state index < -0.39 is 0 Å². The van der Waals surface area contributed by atoms with Gasteiger partial charge in [-0.2, -0.15) is 0 Å². The van der Waals surface area contributed by atoms with Gasteiger partial charge in [-0.1, -0.05) is 102 Å². The third-order valence-corrected chi connectivity index (χ3v) is 12.4. The molecule has 344 valence electrons. The SMILES string of the molecule is Cc1ccc(-c2c3nc(c(-c4ccc(C)cc4)c4ccc([nH]4)c(-c4ccc(OCC5COCCOCCOCCOCCO5)cc4)c4nc(c(-c5ccc(C)cc5)c5ccc2[nH]5)C=C4)C=C3)cc1. The summed E-state index contributed by atoms with van der Waals surface area (Å²) in [5.41, 5.74) is 19.0. The zero-order valence-corrected chi connectivity index (χ0v) is 38.8. The van der Waals surface area contributed by atoms with E-state index in [4.69, 9.17) is 38.4 Å². The van der Waals surface area contributed by atoms with Crippen LogP contribution in [-0.2, 0) is 23.7 Å². The molecule has 3 aromatic heterocycles.